The summed E-state index contributed by atoms with van der Waals surface area (Å²) >= 11 is 5.90. The summed E-state index contributed by atoms with van der Waals surface area (Å²) in [6, 6.07) is 8.99. The second kappa shape index (κ2) is 6.90. The molecule has 0 bridgehead atoms. The molecule has 1 amide bonds. The Hall–Kier alpha value is -1.87. The molecular formula is C15H17ClN2O. The predicted octanol–water partition coefficient (Wildman–Crippen LogP) is 3.84. The molecule has 2 rings (SSSR count). The Balaban J connectivity index is 0.000000861. The number of pyridine rings is 1. The Morgan fingerprint density at radius 3 is 2.53 bits per heavy atom. The molecule has 100 valence electrons. The van der Waals surface area contributed by atoms with E-state index in [2.05, 4.69) is 4.98 Å². The third-order valence-corrected chi connectivity index (χ3v) is 2.88. The number of nitrogens with two attached hydrogens (primary N) is 1. The van der Waals surface area contributed by atoms with Crippen molar-refractivity contribution in [2.75, 3.05) is 0 Å². The number of aryl methyl sites for hydroxylation is 1. The van der Waals surface area contributed by atoms with E-state index in [4.69, 9.17) is 17.3 Å². The zero-order valence-electron chi connectivity index (χ0n) is 11.3. The lowest BCUT2D eigenvalue weighted by Crippen LogP contribution is -2.11. The number of carbonyl (C=O) groups is 1. The maximum Gasteiger partial charge on any atom is 0.250 e. The second-order valence-corrected chi connectivity index (χ2v) is 4.10. The molecule has 0 aliphatic heterocycles. The van der Waals surface area contributed by atoms with Crippen molar-refractivity contribution in [2.45, 2.75) is 20.8 Å². The Labute approximate surface area is 118 Å². The van der Waals surface area contributed by atoms with Gasteiger partial charge in [0.2, 0.25) is 5.91 Å². The predicted molar refractivity (Wildman–Crippen MR) is 79.3 cm³/mol. The van der Waals surface area contributed by atoms with Crippen LogP contribution in [-0.2, 0) is 0 Å². The van der Waals surface area contributed by atoms with Crippen LogP contribution in [0, 0.1) is 6.92 Å². The lowest BCUT2D eigenvalue weighted by atomic mass is 10.0. The van der Waals surface area contributed by atoms with E-state index < -0.39 is 5.91 Å². The molecule has 0 unspecified atom stereocenters. The Bertz CT molecular complexity index is 582. The minimum atomic E-state index is -0.529. The van der Waals surface area contributed by atoms with Crippen molar-refractivity contribution in [2.24, 2.45) is 5.73 Å². The molecule has 1 aromatic carbocycles. The van der Waals surface area contributed by atoms with Gasteiger partial charge >= 0.3 is 0 Å². The largest absolute Gasteiger partial charge is 0.366 e. The summed E-state index contributed by atoms with van der Waals surface area (Å²) < 4.78 is 0. The smallest absolute Gasteiger partial charge is 0.250 e. The lowest BCUT2D eigenvalue weighted by Gasteiger charge is -2.07. The van der Waals surface area contributed by atoms with Crippen molar-refractivity contribution < 1.29 is 4.79 Å². The molecule has 0 spiro atoms. The standard InChI is InChI=1S/C13H11ClN2O.C2H6/c1-8-10(3-2-6-16-8)9-4-5-12(14)11(7-9)13(15)17;1-2/h2-7H,1H3,(H2,15,17);1-2H3. The van der Waals surface area contributed by atoms with E-state index in [0.717, 1.165) is 16.8 Å². The zero-order chi connectivity index (χ0) is 14.4. The first-order valence-corrected chi connectivity index (χ1v) is 6.48. The Morgan fingerprint density at radius 1 is 1.26 bits per heavy atom. The third-order valence-electron chi connectivity index (χ3n) is 2.55. The topological polar surface area (TPSA) is 56.0 Å². The van der Waals surface area contributed by atoms with Crippen LogP contribution in [0.3, 0.4) is 0 Å². The van der Waals surface area contributed by atoms with Crippen LogP contribution in [-0.4, -0.2) is 10.9 Å². The van der Waals surface area contributed by atoms with Crippen LogP contribution in [0.5, 0.6) is 0 Å². The molecule has 4 heteroatoms. The highest BCUT2D eigenvalue weighted by Crippen LogP contribution is 2.26. The maximum absolute atomic E-state index is 11.2. The molecule has 19 heavy (non-hydrogen) atoms. The molecule has 2 aromatic rings. The summed E-state index contributed by atoms with van der Waals surface area (Å²) in [5, 5.41) is 0.364. The first-order chi connectivity index (χ1) is 9.09. The lowest BCUT2D eigenvalue weighted by molar-refractivity contribution is 0.100. The monoisotopic (exact) mass is 276 g/mol. The number of primary amides is 1. The minimum absolute atomic E-state index is 0.326. The van der Waals surface area contributed by atoms with Gasteiger partial charge in [-0.2, -0.15) is 0 Å². The highest BCUT2D eigenvalue weighted by atomic mass is 35.5. The molecule has 0 atom stereocenters. The average Bonchev–Trinajstić information content (AvgIpc) is 2.42. The third kappa shape index (κ3) is 3.55. The van der Waals surface area contributed by atoms with Gasteiger partial charge in [0.05, 0.1) is 10.6 Å². The first kappa shape index (κ1) is 15.2. The van der Waals surface area contributed by atoms with Crippen LogP contribution in [0.25, 0.3) is 11.1 Å². The van der Waals surface area contributed by atoms with Crippen LogP contribution < -0.4 is 5.73 Å². The highest BCUT2D eigenvalue weighted by Gasteiger charge is 2.09. The number of carbonyl (C=O) groups excluding carboxylic acids is 1. The summed E-state index contributed by atoms with van der Waals surface area (Å²) in [5.74, 6) is -0.529. The van der Waals surface area contributed by atoms with Crippen molar-refractivity contribution in [3.05, 3.63) is 52.8 Å². The molecule has 2 N–H and O–H groups in total. The van der Waals surface area contributed by atoms with E-state index in [9.17, 15) is 4.79 Å². The minimum Gasteiger partial charge on any atom is -0.366 e. The number of hydrogen-bond acceptors (Lipinski definition) is 2. The number of rotatable bonds is 2. The van der Waals surface area contributed by atoms with Crippen molar-refractivity contribution in [3.63, 3.8) is 0 Å². The van der Waals surface area contributed by atoms with Crippen molar-refractivity contribution in [1.29, 1.82) is 0 Å². The van der Waals surface area contributed by atoms with E-state index in [1.165, 1.54) is 0 Å². The van der Waals surface area contributed by atoms with Gasteiger partial charge in [-0.05, 0) is 30.7 Å². The molecule has 0 saturated heterocycles. The quantitative estimate of drug-likeness (QED) is 0.906. The van der Waals surface area contributed by atoms with E-state index in [1.807, 2.05) is 39.0 Å². The summed E-state index contributed by atoms with van der Waals surface area (Å²) in [6.07, 6.45) is 1.73. The average molecular weight is 277 g/mol. The number of benzene rings is 1. The number of hydrogen-bond donors (Lipinski definition) is 1. The molecule has 0 saturated carbocycles. The maximum atomic E-state index is 11.2. The molecule has 1 aromatic heterocycles. The van der Waals surface area contributed by atoms with Gasteiger partial charge in [-0.25, -0.2) is 0 Å². The van der Waals surface area contributed by atoms with Gasteiger partial charge in [0.15, 0.2) is 0 Å². The van der Waals surface area contributed by atoms with Crippen molar-refractivity contribution in [1.82, 2.24) is 4.98 Å². The molecule has 0 aliphatic rings. The van der Waals surface area contributed by atoms with Gasteiger partial charge in [0.25, 0.3) is 0 Å². The van der Waals surface area contributed by atoms with Crippen LogP contribution in [0.1, 0.15) is 29.9 Å². The van der Waals surface area contributed by atoms with E-state index in [1.54, 1.807) is 18.3 Å². The van der Waals surface area contributed by atoms with Crippen molar-refractivity contribution in [3.8, 4) is 11.1 Å². The fraction of sp³-hybridized carbons (Fsp3) is 0.200. The van der Waals surface area contributed by atoms with Crippen LogP contribution in [0.4, 0.5) is 0 Å². The number of halogens is 1. The van der Waals surface area contributed by atoms with Gasteiger partial charge in [0.1, 0.15) is 0 Å². The second-order valence-electron chi connectivity index (χ2n) is 3.70. The molecule has 3 nitrogen and oxygen atoms in total. The zero-order valence-corrected chi connectivity index (χ0v) is 12.0. The molecule has 0 fully saturated rings. The number of amides is 1. The fourth-order valence-corrected chi connectivity index (χ4v) is 1.88. The number of aromatic nitrogens is 1. The van der Waals surface area contributed by atoms with Crippen LogP contribution in [0.2, 0.25) is 5.02 Å². The van der Waals surface area contributed by atoms with Crippen molar-refractivity contribution >= 4 is 17.5 Å². The van der Waals surface area contributed by atoms with Gasteiger partial charge < -0.3 is 5.73 Å². The summed E-state index contributed by atoms with van der Waals surface area (Å²) in [6.45, 7) is 5.91. The summed E-state index contributed by atoms with van der Waals surface area (Å²) in [7, 11) is 0. The Morgan fingerprint density at radius 2 is 1.95 bits per heavy atom. The molecule has 0 radical (unpaired) electrons. The molecular weight excluding hydrogens is 260 g/mol. The normalized spacial score (nSPS) is 9.47. The van der Waals surface area contributed by atoms with Gasteiger partial charge in [-0.3, -0.25) is 9.78 Å². The van der Waals surface area contributed by atoms with E-state index in [0.29, 0.717) is 10.6 Å². The van der Waals surface area contributed by atoms with E-state index in [-0.39, 0.29) is 0 Å². The Kier molecular flexibility index (Phi) is 5.52. The summed E-state index contributed by atoms with van der Waals surface area (Å²) in [4.78, 5) is 15.4. The summed E-state index contributed by atoms with van der Waals surface area (Å²) in [5.41, 5.74) is 8.33. The van der Waals surface area contributed by atoms with Gasteiger partial charge in [-0.1, -0.05) is 37.6 Å². The highest BCUT2D eigenvalue weighted by molar-refractivity contribution is 6.33. The van der Waals surface area contributed by atoms with Gasteiger partial charge in [0, 0.05) is 17.5 Å². The van der Waals surface area contributed by atoms with E-state index >= 15 is 0 Å². The van der Waals surface area contributed by atoms with Crippen LogP contribution >= 0.6 is 11.6 Å². The first-order valence-electron chi connectivity index (χ1n) is 6.11. The number of nitrogens with zero attached hydrogens (tertiary/aromatic N) is 1. The molecule has 0 aliphatic carbocycles. The van der Waals surface area contributed by atoms with Crippen LogP contribution in [0.15, 0.2) is 36.5 Å². The van der Waals surface area contributed by atoms with Gasteiger partial charge in [-0.15, -0.1) is 0 Å². The fourth-order valence-electron chi connectivity index (χ4n) is 1.67. The SMILES string of the molecule is CC.Cc1ncccc1-c1ccc(Cl)c(C(N)=O)c1. The molecule has 1 heterocycles.